The quantitative estimate of drug-likeness (QED) is 0.927. The summed E-state index contributed by atoms with van der Waals surface area (Å²) in [6.07, 6.45) is -0.0160. The molecular weight excluding hydrogens is 287 g/mol. The summed E-state index contributed by atoms with van der Waals surface area (Å²) in [5, 5.41) is 7.68. The normalized spacial score (nSPS) is 13.4. The number of carbonyl (C=O) groups is 1. The van der Waals surface area contributed by atoms with E-state index in [1.54, 1.807) is 0 Å². The Morgan fingerprint density at radius 1 is 1.35 bits per heavy atom. The second-order valence-electron chi connectivity index (χ2n) is 3.36. The number of aliphatic carboxylic acids is 1. The summed E-state index contributed by atoms with van der Waals surface area (Å²) in [6, 6.07) is 3.73. The predicted octanol–water partition coefficient (Wildman–Crippen LogP) is 2.63. The highest BCUT2D eigenvalue weighted by Crippen LogP contribution is 2.27. The van der Waals surface area contributed by atoms with E-state index >= 15 is 0 Å². The molecule has 0 aromatic heterocycles. The van der Waals surface area contributed by atoms with E-state index in [0.717, 1.165) is 6.07 Å². The average molecular weight is 297 g/mol. The lowest BCUT2D eigenvalue weighted by atomic mass is 10.3. The van der Waals surface area contributed by atoms with E-state index in [-0.39, 0.29) is 21.4 Å². The van der Waals surface area contributed by atoms with Crippen molar-refractivity contribution in [1.82, 2.24) is 0 Å². The lowest BCUT2D eigenvalue weighted by Gasteiger charge is -2.11. The van der Waals surface area contributed by atoms with Gasteiger partial charge in [0.05, 0.1) is 14.9 Å². The zero-order valence-electron chi connectivity index (χ0n) is 8.85. The fourth-order valence-electron chi connectivity index (χ4n) is 1.34. The van der Waals surface area contributed by atoms with Gasteiger partial charge in [0.2, 0.25) is 0 Å². The van der Waals surface area contributed by atoms with E-state index in [9.17, 15) is 13.2 Å². The van der Waals surface area contributed by atoms with E-state index in [1.807, 2.05) is 0 Å². The Morgan fingerprint density at radius 2 is 1.94 bits per heavy atom. The van der Waals surface area contributed by atoms with E-state index in [1.165, 1.54) is 19.1 Å². The molecule has 0 radical (unpaired) electrons. The van der Waals surface area contributed by atoms with Gasteiger partial charge in [-0.2, -0.15) is 0 Å². The first kappa shape index (κ1) is 14.3. The van der Waals surface area contributed by atoms with Crippen LogP contribution in [0.3, 0.4) is 0 Å². The maximum Gasteiger partial charge on any atom is 0.322 e. The summed E-state index contributed by atoms with van der Waals surface area (Å²) in [5.74, 6) is -1.38. The molecule has 7 heteroatoms. The van der Waals surface area contributed by atoms with Crippen LogP contribution >= 0.6 is 23.2 Å². The van der Waals surface area contributed by atoms with Crippen LogP contribution < -0.4 is 0 Å². The largest absolute Gasteiger partial charge is 0.480 e. The summed E-state index contributed by atoms with van der Waals surface area (Å²) in [6.45, 7) is 1.49. The van der Waals surface area contributed by atoms with Gasteiger partial charge in [-0.05, 0) is 24.6 Å². The van der Waals surface area contributed by atoms with E-state index < -0.39 is 21.1 Å². The van der Waals surface area contributed by atoms with Gasteiger partial charge in [0.25, 0.3) is 0 Å². The van der Waals surface area contributed by atoms with E-state index in [0.29, 0.717) is 0 Å². The number of hydrogen-bond acceptors (Lipinski definition) is 3. The van der Waals surface area contributed by atoms with Crippen molar-refractivity contribution in [2.24, 2.45) is 0 Å². The topological polar surface area (TPSA) is 71.4 Å². The molecule has 0 spiro atoms. The van der Waals surface area contributed by atoms with Crippen molar-refractivity contribution in [2.75, 3.05) is 0 Å². The Balaban J connectivity index is 3.30. The molecule has 0 saturated carbocycles. The SMILES string of the molecule is CCC(C(=O)O)S(=O)(=O)c1ccc(Cl)c(Cl)c1. The Hall–Kier alpha value is -0.780. The number of carboxylic acids is 1. The summed E-state index contributed by atoms with van der Waals surface area (Å²) in [7, 11) is -3.93. The third-order valence-electron chi connectivity index (χ3n) is 2.24. The number of halogens is 2. The molecule has 0 heterocycles. The van der Waals surface area contributed by atoms with E-state index in [2.05, 4.69) is 0 Å². The molecule has 0 fully saturated rings. The molecule has 94 valence electrons. The number of benzene rings is 1. The van der Waals surface area contributed by atoms with Crippen LogP contribution in [0.15, 0.2) is 23.1 Å². The monoisotopic (exact) mass is 296 g/mol. The van der Waals surface area contributed by atoms with Crippen molar-refractivity contribution in [3.05, 3.63) is 28.2 Å². The highest BCUT2D eigenvalue weighted by atomic mass is 35.5. The molecule has 17 heavy (non-hydrogen) atoms. The third kappa shape index (κ3) is 2.91. The molecule has 0 aliphatic rings. The predicted molar refractivity (Wildman–Crippen MR) is 65.4 cm³/mol. The second-order valence-corrected chi connectivity index (χ2v) is 6.30. The first-order chi connectivity index (χ1) is 7.80. The molecule has 0 bridgehead atoms. The van der Waals surface area contributed by atoms with Crippen LogP contribution in [0.2, 0.25) is 10.0 Å². The van der Waals surface area contributed by atoms with Gasteiger partial charge in [-0.1, -0.05) is 30.1 Å². The number of rotatable bonds is 4. The number of carboxylic acid groups (broad SMARTS) is 1. The van der Waals surface area contributed by atoms with Crippen LogP contribution in [0.25, 0.3) is 0 Å². The first-order valence-electron chi connectivity index (χ1n) is 4.72. The van der Waals surface area contributed by atoms with Crippen molar-refractivity contribution in [3.8, 4) is 0 Å². The lowest BCUT2D eigenvalue weighted by Crippen LogP contribution is -2.29. The van der Waals surface area contributed by atoms with Crippen molar-refractivity contribution >= 4 is 39.0 Å². The molecular formula is C10H10Cl2O4S. The van der Waals surface area contributed by atoms with Crippen molar-refractivity contribution in [3.63, 3.8) is 0 Å². The standard InChI is InChI=1S/C10H10Cl2O4S/c1-2-9(10(13)14)17(15,16)6-3-4-7(11)8(12)5-6/h3-5,9H,2H2,1H3,(H,13,14). The number of sulfone groups is 1. The molecule has 0 aliphatic heterocycles. The first-order valence-corrected chi connectivity index (χ1v) is 7.02. The summed E-state index contributed by atoms with van der Waals surface area (Å²) >= 11 is 11.4. The average Bonchev–Trinajstić information content (AvgIpc) is 2.21. The van der Waals surface area contributed by atoms with Crippen LogP contribution in [0.5, 0.6) is 0 Å². The highest BCUT2D eigenvalue weighted by molar-refractivity contribution is 7.92. The van der Waals surface area contributed by atoms with Gasteiger partial charge < -0.3 is 5.11 Å². The number of hydrogen-bond donors (Lipinski definition) is 1. The van der Waals surface area contributed by atoms with Gasteiger partial charge in [-0.15, -0.1) is 0 Å². The van der Waals surface area contributed by atoms with Crippen molar-refractivity contribution < 1.29 is 18.3 Å². The third-order valence-corrected chi connectivity index (χ3v) is 5.17. The molecule has 1 aromatic rings. The fourth-order valence-corrected chi connectivity index (χ4v) is 3.28. The van der Waals surface area contributed by atoms with Gasteiger partial charge in [0.1, 0.15) is 0 Å². The Labute approximate surface area is 109 Å². The van der Waals surface area contributed by atoms with Crippen molar-refractivity contribution in [2.45, 2.75) is 23.5 Å². The summed E-state index contributed by atoms with van der Waals surface area (Å²) in [5.41, 5.74) is 0. The minimum Gasteiger partial charge on any atom is -0.480 e. The highest BCUT2D eigenvalue weighted by Gasteiger charge is 2.32. The van der Waals surface area contributed by atoms with Crippen LogP contribution in [0.4, 0.5) is 0 Å². The molecule has 1 N–H and O–H groups in total. The summed E-state index contributed by atoms with van der Waals surface area (Å²) in [4.78, 5) is 10.7. The van der Waals surface area contributed by atoms with Crippen LogP contribution in [-0.2, 0) is 14.6 Å². The maximum absolute atomic E-state index is 12.0. The Morgan fingerprint density at radius 3 is 2.35 bits per heavy atom. The van der Waals surface area contributed by atoms with Crippen LogP contribution in [0, 0.1) is 0 Å². The molecule has 1 aromatic carbocycles. The van der Waals surface area contributed by atoms with Gasteiger partial charge in [-0.25, -0.2) is 8.42 Å². The van der Waals surface area contributed by atoms with Crippen molar-refractivity contribution in [1.29, 1.82) is 0 Å². The zero-order chi connectivity index (χ0) is 13.2. The molecule has 0 amide bonds. The zero-order valence-corrected chi connectivity index (χ0v) is 11.2. The molecule has 1 rings (SSSR count). The van der Waals surface area contributed by atoms with E-state index in [4.69, 9.17) is 28.3 Å². The smallest absolute Gasteiger partial charge is 0.322 e. The second kappa shape index (κ2) is 5.25. The van der Waals surface area contributed by atoms with Crippen LogP contribution in [0.1, 0.15) is 13.3 Å². The van der Waals surface area contributed by atoms with Gasteiger partial charge in [0.15, 0.2) is 15.1 Å². The molecule has 4 nitrogen and oxygen atoms in total. The molecule has 0 saturated heterocycles. The minimum absolute atomic E-state index is 0.0160. The Bertz CT molecular complexity index is 539. The van der Waals surface area contributed by atoms with Gasteiger partial charge >= 0.3 is 5.97 Å². The molecule has 1 atom stereocenters. The van der Waals surface area contributed by atoms with Crippen LogP contribution in [-0.4, -0.2) is 24.7 Å². The maximum atomic E-state index is 12.0. The summed E-state index contributed by atoms with van der Waals surface area (Å²) < 4.78 is 24.0. The minimum atomic E-state index is -3.93. The lowest BCUT2D eigenvalue weighted by molar-refractivity contribution is -0.136. The molecule has 0 aliphatic carbocycles. The Kier molecular flexibility index (Phi) is 4.41. The fraction of sp³-hybridized carbons (Fsp3) is 0.300. The van der Waals surface area contributed by atoms with Gasteiger partial charge in [0, 0.05) is 0 Å². The molecule has 1 unspecified atom stereocenters. The van der Waals surface area contributed by atoms with Gasteiger partial charge in [-0.3, -0.25) is 4.79 Å².